The van der Waals surface area contributed by atoms with Crippen molar-refractivity contribution in [2.75, 3.05) is 0 Å². The van der Waals surface area contributed by atoms with Gasteiger partial charge in [0.15, 0.2) is 0 Å². The van der Waals surface area contributed by atoms with Crippen LogP contribution >= 0.6 is 0 Å². The Morgan fingerprint density at radius 3 is 2.71 bits per heavy atom. The van der Waals surface area contributed by atoms with E-state index in [1.807, 2.05) is 26.0 Å². The lowest BCUT2D eigenvalue weighted by Crippen LogP contribution is -2.51. The lowest BCUT2D eigenvalue weighted by Gasteiger charge is -2.20. The van der Waals surface area contributed by atoms with Gasteiger partial charge in [-0.3, -0.25) is 4.79 Å². The first-order valence-corrected chi connectivity index (χ1v) is 8.41. The number of rotatable bonds is 7. The van der Waals surface area contributed by atoms with Gasteiger partial charge in [-0.05, 0) is 43.2 Å². The Bertz CT molecular complexity index is 571. The Hall–Kier alpha value is -2.31. The van der Waals surface area contributed by atoms with E-state index in [1.165, 1.54) is 12.8 Å². The Morgan fingerprint density at radius 1 is 1.38 bits per heavy atom. The van der Waals surface area contributed by atoms with E-state index < -0.39 is 12.1 Å². The SMILES string of the molecule is CC(C)[C@@H](NC(N)=O)C(=O)NCc1ccnc(OC2CCCC2)c1. The molecule has 132 valence electrons. The molecule has 0 aromatic carbocycles. The van der Waals surface area contributed by atoms with Gasteiger partial charge in [-0.2, -0.15) is 0 Å². The van der Waals surface area contributed by atoms with Crippen LogP contribution < -0.4 is 21.1 Å². The largest absolute Gasteiger partial charge is 0.474 e. The van der Waals surface area contributed by atoms with Crippen molar-refractivity contribution in [3.8, 4) is 5.88 Å². The standard InChI is InChI=1S/C17H26N4O3/c1-11(2)15(21-17(18)23)16(22)20-10-12-7-8-19-14(9-12)24-13-5-3-4-6-13/h7-9,11,13,15H,3-6,10H2,1-2H3,(H,20,22)(H3,18,21,23)/t15-/m1/s1. The van der Waals surface area contributed by atoms with Crippen molar-refractivity contribution in [1.82, 2.24) is 15.6 Å². The molecule has 1 aliphatic rings. The molecule has 3 amide bonds. The zero-order valence-electron chi connectivity index (χ0n) is 14.2. The van der Waals surface area contributed by atoms with Gasteiger partial charge in [-0.25, -0.2) is 9.78 Å². The molecule has 1 aromatic heterocycles. The number of urea groups is 1. The van der Waals surface area contributed by atoms with E-state index in [9.17, 15) is 9.59 Å². The first kappa shape index (κ1) is 18.0. The van der Waals surface area contributed by atoms with Gasteiger partial charge in [-0.15, -0.1) is 0 Å². The minimum absolute atomic E-state index is 0.0591. The fraction of sp³-hybridized carbons (Fsp3) is 0.588. The highest BCUT2D eigenvalue weighted by molar-refractivity contribution is 5.86. The monoisotopic (exact) mass is 334 g/mol. The third kappa shape index (κ3) is 5.40. The average molecular weight is 334 g/mol. The van der Waals surface area contributed by atoms with Crippen LogP contribution in [-0.2, 0) is 11.3 Å². The van der Waals surface area contributed by atoms with Crippen molar-refractivity contribution < 1.29 is 14.3 Å². The van der Waals surface area contributed by atoms with Crippen molar-refractivity contribution >= 4 is 11.9 Å². The summed E-state index contributed by atoms with van der Waals surface area (Å²) in [5.74, 6) is 0.263. The van der Waals surface area contributed by atoms with Gasteiger partial charge in [0.1, 0.15) is 12.1 Å². The number of carbonyl (C=O) groups excluding carboxylic acids is 2. The summed E-state index contributed by atoms with van der Waals surface area (Å²) in [6.07, 6.45) is 6.45. The van der Waals surface area contributed by atoms with E-state index in [4.69, 9.17) is 10.5 Å². The molecule has 1 aromatic rings. The molecule has 4 N–H and O–H groups in total. The number of amides is 3. The lowest BCUT2D eigenvalue weighted by atomic mass is 10.0. The number of primary amides is 1. The minimum Gasteiger partial charge on any atom is -0.474 e. The van der Waals surface area contributed by atoms with E-state index in [-0.39, 0.29) is 17.9 Å². The van der Waals surface area contributed by atoms with Gasteiger partial charge in [0.2, 0.25) is 11.8 Å². The number of hydrogen-bond donors (Lipinski definition) is 3. The summed E-state index contributed by atoms with van der Waals surface area (Å²) in [5.41, 5.74) is 6.02. The maximum absolute atomic E-state index is 12.2. The molecular formula is C17H26N4O3. The van der Waals surface area contributed by atoms with Crippen LogP contribution in [0.15, 0.2) is 18.3 Å². The molecule has 1 fully saturated rings. The van der Waals surface area contributed by atoms with E-state index in [1.54, 1.807) is 6.20 Å². The van der Waals surface area contributed by atoms with Crippen molar-refractivity contribution in [2.45, 2.75) is 58.2 Å². The van der Waals surface area contributed by atoms with Gasteiger partial charge >= 0.3 is 6.03 Å². The molecular weight excluding hydrogens is 308 g/mol. The number of hydrogen-bond acceptors (Lipinski definition) is 4. The van der Waals surface area contributed by atoms with Crippen LogP contribution in [0.3, 0.4) is 0 Å². The van der Waals surface area contributed by atoms with Crippen molar-refractivity contribution in [1.29, 1.82) is 0 Å². The number of nitrogens with one attached hydrogen (secondary N) is 2. The number of ether oxygens (including phenoxy) is 1. The van der Waals surface area contributed by atoms with Gasteiger partial charge < -0.3 is 21.1 Å². The summed E-state index contributed by atoms with van der Waals surface area (Å²) >= 11 is 0. The zero-order chi connectivity index (χ0) is 17.5. The third-order valence-corrected chi connectivity index (χ3v) is 4.10. The third-order valence-electron chi connectivity index (χ3n) is 4.10. The Kier molecular flexibility index (Phi) is 6.40. The Labute approximate surface area is 142 Å². The molecule has 1 saturated carbocycles. The van der Waals surface area contributed by atoms with Crippen LogP contribution in [0, 0.1) is 5.92 Å². The average Bonchev–Trinajstić information content (AvgIpc) is 3.03. The second-order valence-corrected chi connectivity index (χ2v) is 6.47. The smallest absolute Gasteiger partial charge is 0.312 e. The number of carbonyl (C=O) groups is 2. The van der Waals surface area contributed by atoms with Gasteiger partial charge in [-0.1, -0.05) is 13.8 Å². The van der Waals surface area contributed by atoms with Gasteiger partial charge in [0.25, 0.3) is 0 Å². The van der Waals surface area contributed by atoms with Crippen LogP contribution in [0.1, 0.15) is 45.1 Å². The fourth-order valence-electron chi connectivity index (χ4n) is 2.79. The zero-order valence-corrected chi connectivity index (χ0v) is 14.2. The molecule has 24 heavy (non-hydrogen) atoms. The molecule has 0 bridgehead atoms. The minimum atomic E-state index is -0.708. The molecule has 0 radical (unpaired) electrons. The molecule has 7 heteroatoms. The first-order chi connectivity index (χ1) is 11.5. The van der Waals surface area contributed by atoms with E-state index in [0.717, 1.165) is 18.4 Å². The molecule has 1 atom stereocenters. The number of pyridine rings is 1. The van der Waals surface area contributed by atoms with E-state index >= 15 is 0 Å². The Balaban J connectivity index is 1.90. The van der Waals surface area contributed by atoms with E-state index in [0.29, 0.717) is 12.4 Å². The maximum atomic E-state index is 12.2. The molecule has 2 rings (SSSR count). The predicted molar refractivity (Wildman–Crippen MR) is 90.3 cm³/mol. The van der Waals surface area contributed by atoms with Crippen molar-refractivity contribution in [3.63, 3.8) is 0 Å². The predicted octanol–water partition coefficient (Wildman–Crippen LogP) is 1.71. The fourth-order valence-corrected chi connectivity index (χ4v) is 2.79. The van der Waals surface area contributed by atoms with Gasteiger partial charge in [0.05, 0.1) is 0 Å². The van der Waals surface area contributed by atoms with Crippen LogP contribution in [0.5, 0.6) is 5.88 Å². The summed E-state index contributed by atoms with van der Waals surface area (Å²) in [7, 11) is 0. The van der Waals surface area contributed by atoms with Crippen molar-refractivity contribution in [3.05, 3.63) is 23.9 Å². The second kappa shape index (κ2) is 8.52. The highest BCUT2D eigenvalue weighted by atomic mass is 16.5. The quantitative estimate of drug-likeness (QED) is 0.705. The van der Waals surface area contributed by atoms with Crippen LogP contribution in [-0.4, -0.2) is 29.1 Å². The lowest BCUT2D eigenvalue weighted by molar-refractivity contribution is -0.124. The molecule has 0 saturated heterocycles. The normalized spacial score (nSPS) is 16.0. The molecule has 0 aliphatic heterocycles. The number of nitrogens with zero attached hydrogens (tertiary/aromatic N) is 1. The number of nitrogens with two attached hydrogens (primary N) is 1. The summed E-state index contributed by atoms with van der Waals surface area (Å²) in [5, 5.41) is 5.28. The molecule has 0 spiro atoms. The summed E-state index contributed by atoms with van der Waals surface area (Å²) < 4.78 is 5.86. The first-order valence-electron chi connectivity index (χ1n) is 8.41. The number of aromatic nitrogens is 1. The van der Waals surface area contributed by atoms with Gasteiger partial charge in [0, 0.05) is 18.8 Å². The molecule has 1 heterocycles. The topological polar surface area (TPSA) is 106 Å². The summed E-state index contributed by atoms with van der Waals surface area (Å²) in [6.45, 7) is 4.03. The second-order valence-electron chi connectivity index (χ2n) is 6.47. The molecule has 7 nitrogen and oxygen atoms in total. The Morgan fingerprint density at radius 2 is 2.08 bits per heavy atom. The maximum Gasteiger partial charge on any atom is 0.312 e. The molecule has 0 unspecified atom stereocenters. The molecule has 1 aliphatic carbocycles. The van der Waals surface area contributed by atoms with Crippen LogP contribution in [0.25, 0.3) is 0 Å². The summed E-state index contributed by atoms with van der Waals surface area (Å²) in [6, 6.07) is 2.30. The highest BCUT2D eigenvalue weighted by Gasteiger charge is 2.23. The van der Waals surface area contributed by atoms with Crippen LogP contribution in [0.4, 0.5) is 4.79 Å². The van der Waals surface area contributed by atoms with Crippen LogP contribution in [0.2, 0.25) is 0 Å². The highest BCUT2D eigenvalue weighted by Crippen LogP contribution is 2.23. The van der Waals surface area contributed by atoms with Crippen molar-refractivity contribution in [2.24, 2.45) is 11.7 Å². The summed E-state index contributed by atoms with van der Waals surface area (Å²) in [4.78, 5) is 27.5. The van der Waals surface area contributed by atoms with E-state index in [2.05, 4.69) is 15.6 Å².